The van der Waals surface area contributed by atoms with Crippen molar-refractivity contribution in [2.24, 2.45) is 4.99 Å². The van der Waals surface area contributed by atoms with Crippen LogP contribution in [-0.2, 0) is 4.79 Å². The van der Waals surface area contributed by atoms with Crippen molar-refractivity contribution in [3.63, 3.8) is 0 Å². The Morgan fingerprint density at radius 1 is 0.897 bits per heavy atom. The molecule has 1 aliphatic heterocycles. The highest BCUT2D eigenvalue weighted by Crippen LogP contribution is 2.30. The van der Waals surface area contributed by atoms with Crippen LogP contribution in [0.3, 0.4) is 0 Å². The van der Waals surface area contributed by atoms with Crippen molar-refractivity contribution in [2.75, 3.05) is 0 Å². The molecule has 3 aromatic rings. The van der Waals surface area contributed by atoms with Crippen LogP contribution in [0.15, 0.2) is 92.5 Å². The number of amidine groups is 1. The Bertz CT molecular complexity index is 1100. The van der Waals surface area contributed by atoms with Gasteiger partial charge >= 0.3 is 0 Å². The summed E-state index contributed by atoms with van der Waals surface area (Å²) in [6, 6.07) is 24.6. The van der Waals surface area contributed by atoms with Crippen molar-refractivity contribution < 1.29 is 4.79 Å². The minimum absolute atomic E-state index is 0.112. The van der Waals surface area contributed by atoms with E-state index in [1.54, 1.807) is 11.8 Å². The lowest BCUT2D eigenvalue weighted by molar-refractivity contribution is -0.115. The van der Waals surface area contributed by atoms with Gasteiger partial charge in [-0.3, -0.25) is 4.79 Å². The Hall–Kier alpha value is -2.76. The van der Waals surface area contributed by atoms with Crippen LogP contribution in [0.2, 0.25) is 0 Å². The van der Waals surface area contributed by atoms with Gasteiger partial charge in [-0.15, -0.1) is 0 Å². The van der Waals surface area contributed by atoms with Crippen LogP contribution >= 0.6 is 23.5 Å². The van der Waals surface area contributed by atoms with E-state index in [2.05, 4.69) is 53.6 Å². The SMILES string of the molecule is Cc1ccc(Sc2ccc(/C=C3\SC(=Nc4cccc(C)c4)NC3=O)cc2)cc1. The van der Waals surface area contributed by atoms with E-state index in [9.17, 15) is 4.79 Å². The largest absolute Gasteiger partial charge is 0.300 e. The number of aliphatic imine (C=N–C) groups is 1. The third-order valence-electron chi connectivity index (χ3n) is 4.32. The zero-order valence-corrected chi connectivity index (χ0v) is 17.8. The van der Waals surface area contributed by atoms with Gasteiger partial charge < -0.3 is 5.32 Å². The maximum absolute atomic E-state index is 12.3. The molecule has 0 atom stereocenters. The third-order valence-corrected chi connectivity index (χ3v) is 6.24. The Balaban J connectivity index is 1.46. The summed E-state index contributed by atoms with van der Waals surface area (Å²) in [6.07, 6.45) is 1.90. The van der Waals surface area contributed by atoms with Gasteiger partial charge in [0, 0.05) is 9.79 Å². The van der Waals surface area contributed by atoms with Crippen molar-refractivity contribution in [3.05, 3.63) is 94.4 Å². The first-order chi connectivity index (χ1) is 14.0. The number of aryl methyl sites for hydroxylation is 2. The molecule has 1 heterocycles. The highest BCUT2D eigenvalue weighted by Gasteiger charge is 2.23. The summed E-state index contributed by atoms with van der Waals surface area (Å²) < 4.78 is 0. The van der Waals surface area contributed by atoms with E-state index >= 15 is 0 Å². The first kappa shape index (κ1) is 19.6. The van der Waals surface area contributed by atoms with Gasteiger partial charge in [-0.2, -0.15) is 0 Å². The van der Waals surface area contributed by atoms with Crippen molar-refractivity contribution in [2.45, 2.75) is 23.6 Å². The Morgan fingerprint density at radius 2 is 1.59 bits per heavy atom. The average molecular weight is 417 g/mol. The first-order valence-corrected chi connectivity index (χ1v) is 10.9. The van der Waals surface area contributed by atoms with Gasteiger partial charge in [0.15, 0.2) is 5.17 Å². The molecule has 29 heavy (non-hydrogen) atoms. The summed E-state index contributed by atoms with van der Waals surface area (Å²) in [5.41, 5.74) is 4.23. The lowest BCUT2D eigenvalue weighted by Gasteiger charge is -2.03. The molecule has 0 radical (unpaired) electrons. The molecule has 5 heteroatoms. The number of amides is 1. The highest BCUT2D eigenvalue weighted by atomic mass is 32.2. The van der Waals surface area contributed by atoms with Gasteiger partial charge in [0.1, 0.15) is 0 Å². The summed E-state index contributed by atoms with van der Waals surface area (Å²) >= 11 is 3.09. The van der Waals surface area contributed by atoms with E-state index < -0.39 is 0 Å². The van der Waals surface area contributed by atoms with Crippen LogP contribution in [0, 0.1) is 13.8 Å². The molecule has 3 aromatic carbocycles. The minimum Gasteiger partial charge on any atom is -0.300 e. The molecule has 1 amide bonds. The van der Waals surface area contributed by atoms with Gasteiger partial charge in [-0.05, 0) is 79.2 Å². The monoisotopic (exact) mass is 416 g/mol. The normalized spacial score (nSPS) is 16.4. The maximum Gasteiger partial charge on any atom is 0.264 e. The lowest BCUT2D eigenvalue weighted by Crippen LogP contribution is -2.19. The number of carbonyl (C=O) groups is 1. The molecule has 0 bridgehead atoms. The van der Waals surface area contributed by atoms with E-state index in [0.717, 1.165) is 16.8 Å². The number of rotatable bonds is 4. The number of thioether (sulfide) groups is 1. The van der Waals surface area contributed by atoms with Gasteiger partial charge in [0.2, 0.25) is 0 Å². The minimum atomic E-state index is -0.112. The van der Waals surface area contributed by atoms with Crippen molar-refractivity contribution in [1.29, 1.82) is 0 Å². The second-order valence-corrected chi connectivity index (χ2v) is 8.98. The van der Waals surface area contributed by atoms with E-state index in [4.69, 9.17) is 0 Å². The molecule has 1 N–H and O–H groups in total. The van der Waals surface area contributed by atoms with Crippen molar-refractivity contribution in [1.82, 2.24) is 5.32 Å². The van der Waals surface area contributed by atoms with E-state index in [1.807, 2.05) is 49.4 Å². The highest BCUT2D eigenvalue weighted by molar-refractivity contribution is 8.18. The number of benzene rings is 3. The molecule has 0 saturated carbocycles. The quantitative estimate of drug-likeness (QED) is 0.504. The molecule has 0 aliphatic carbocycles. The van der Waals surface area contributed by atoms with E-state index in [1.165, 1.54) is 27.1 Å². The maximum atomic E-state index is 12.3. The summed E-state index contributed by atoms with van der Waals surface area (Å²) in [6.45, 7) is 4.11. The predicted octanol–water partition coefficient (Wildman–Crippen LogP) is 6.35. The molecule has 0 unspecified atom stereocenters. The first-order valence-electron chi connectivity index (χ1n) is 9.26. The third kappa shape index (κ3) is 5.19. The number of nitrogens with zero attached hydrogens (tertiary/aromatic N) is 1. The van der Waals surface area contributed by atoms with Crippen LogP contribution in [0.4, 0.5) is 5.69 Å². The molecule has 3 nitrogen and oxygen atoms in total. The number of hydrogen-bond acceptors (Lipinski definition) is 4. The van der Waals surface area contributed by atoms with E-state index in [0.29, 0.717) is 10.1 Å². The number of nitrogens with one attached hydrogen (secondary N) is 1. The van der Waals surface area contributed by atoms with Crippen LogP contribution < -0.4 is 5.32 Å². The number of hydrogen-bond donors (Lipinski definition) is 1. The van der Waals surface area contributed by atoms with Crippen LogP contribution in [-0.4, -0.2) is 11.1 Å². The Labute approximate surface area is 179 Å². The molecule has 144 valence electrons. The topological polar surface area (TPSA) is 41.5 Å². The van der Waals surface area contributed by atoms with Crippen molar-refractivity contribution in [3.8, 4) is 0 Å². The fraction of sp³-hybridized carbons (Fsp3) is 0.0833. The second-order valence-electron chi connectivity index (χ2n) is 6.80. The Kier molecular flexibility index (Phi) is 5.88. The van der Waals surface area contributed by atoms with E-state index in [-0.39, 0.29) is 5.91 Å². The average Bonchev–Trinajstić information content (AvgIpc) is 3.04. The molecule has 1 aliphatic rings. The number of carbonyl (C=O) groups excluding carboxylic acids is 1. The Morgan fingerprint density at radius 3 is 2.28 bits per heavy atom. The van der Waals surface area contributed by atoms with Crippen LogP contribution in [0.5, 0.6) is 0 Å². The summed E-state index contributed by atoms with van der Waals surface area (Å²) in [7, 11) is 0. The zero-order chi connectivity index (χ0) is 20.2. The molecular formula is C24H20N2OS2. The lowest BCUT2D eigenvalue weighted by atomic mass is 10.2. The second kappa shape index (κ2) is 8.72. The van der Waals surface area contributed by atoms with Gasteiger partial charge in [-0.1, -0.05) is 53.7 Å². The molecular weight excluding hydrogens is 396 g/mol. The van der Waals surface area contributed by atoms with Crippen LogP contribution in [0.25, 0.3) is 6.08 Å². The molecule has 0 spiro atoms. The smallest absolute Gasteiger partial charge is 0.264 e. The molecule has 0 aromatic heterocycles. The predicted molar refractivity (Wildman–Crippen MR) is 124 cm³/mol. The summed E-state index contributed by atoms with van der Waals surface area (Å²) in [4.78, 5) is 19.9. The molecule has 1 fully saturated rings. The van der Waals surface area contributed by atoms with Gasteiger partial charge in [0.05, 0.1) is 10.6 Å². The van der Waals surface area contributed by atoms with Crippen LogP contribution in [0.1, 0.15) is 16.7 Å². The molecule has 1 saturated heterocycles. The van der Waals surface area contributed by atoms with Gasteiger partial charge in [-0.25, -0.2) is 4.99 Å². The summed E-state index contributed by atoms with van der Waals surface area (Å²) in [5, 5.41) is 3.45. The zero-order valence-electron chi connectivity index (χ0n) is 16.2. The van der Waals surface area contributed by atoms with Crippen molar-refractivity contribution >= 4 is 46.4 Å². The fourth-order valence-corrected chi connectivity index (χ4v) is 4.48. The van der Waals surface area contributed by atoms with Gasteiger partial charge in [0.25, 0.3) is 5.91 Å². The molecule has 4 rings (SSSR count). The summed E-state index contributed by atoms with van der Waals surface area (Å²) in [5.74, 6) is -0.112. The fourth-order valence-electron chi connectivity index (χ4n) is 2.82. The standard InChI is InChI=1S/C24H20N2OS2/c1-16-6-10-20(11-7-16)28-21-12-8-18(9-13-21)15-22-23(27)26-24(29-22)25-19-5-3-4-17(2)14-19/h3-15H,1-2H3,(H,25,26,27)/b22-15-.